The molecular weight excluding hydrogens is 450 g/mol. The molecule has 0 fully saturated rings. The lowest BCUT2D eigenvalue weighted by Crippen LogP contribution is -2.25. The van der Waals surface area contributed by atoms with Crippen LogP contribution in [0.1, 0.15) is 36.5 Å². The lowest BCUT2D eigenvalue weighted by atomic mass is 10.2. The summed E-state index contributed by atoms with van der Waals surface area (Å²) < 4.78 is 33.3. The second-order valence-corrected chi connectivity index (χ2v) is 9.12. The van der Waals surface area contributed by atoms with Crippen molar-refractivity contribution in [3.8, 4) is 11.6 Å². The standard InChI is InChI=1S/C23H24ClN3O4S/c1-2-3-4-15-25-22(28)21-6-5-16-26-23(21)31-19-11-9-18(10-12-19)27-32(29,30)20-13-7-17(24)8-14-20/h5-14,16,27H,2-4,15H2,1H3,(H,25,28). The molecule has 1 aromatic heterocycles. The summed E-state index contributed by atoms with van der Waals surface area (Å²) in [5, 5.41) is 3.32. The summed E-state index contributed by atoms with van der Waals surface area (Å²) in [7, 11) is -3.75. The lowest BCUT2D eigenvalue weighted by molar-refractivity contribution is 0.0950. The van der Waals surface area contributed by atoms with Crippen molar-refractivity contribution in [2.24, 2.45) is 0 Å². The highest BCUT2D eigenvalue weighted by atomic mass is 35.5. The fourth-order valence-corrected chi connectivity index (χ4v) is 4.03. The number of halogens is 1. The molecule has 0 radical (unpaired) electrons. The molecule has 2 aromatic carbocycles. The summed E-state index contributed by atoms with van der Waals surface area (Å²) in [4.78, 5) is 16.7. The number of unbranched alkanes of at least 4 members (excludes halogenated alkanes) is 2. The Morgan fingerprint density at radius 1 is 1.03 bits per heavy atom. The van der Waals surface area contributed by atoms with Crippen molar-refractivity contribution < 1.29 is 17.9 Å². The number of amides is 1. The highest BCUT2D eigenvalue weighted by molar-refractivity contribution is 7.92. The van der Waals surface area contributed by atoms with Crippen molar-refractivity contribution in [1.29, 1.82) is 0 Å². The Bertz CT molecular complexity index is 1150. The van der Waals surface area contributed by atoms with E-state index in [1.807, 2.05) is 0 Å². The molecule has 0 bridgehead atoms. The number of anilines is 1. The third-order valence-electron chi connectivity index (χ3n) is 4.53. The van der Waals surface area contributed by atoms with Crippen LogP contribution in [0.2, 0.25) is 5.02 Å². The summed E-state index contributed by atoms with van der Waals surface area (Å²) in [5.41, 5.74) is 0.693. The maximum atomic E-state index is 12.5. The van der Waals surface area contributed by atoms with Gasteiger partial charge in [0.1, 0.15) is 11.3 Å². The van der Waals surface area contributed by atoms with E-state index in [1.54, 1.807) is 36.4 Å². The Morgan fingerprint density at radius 3 is 2.44 bits per heavy atom. The van der Waals surface area contributed by atoms with Crippen molar-refractivity contribution in [2.75, 3.05) is 11.3 Å². The molecule has 168 valence electrons. The molecule has 0 aliphatic rings. The second kappa shape index (κ2) is 11.0. The number of nitrogens with one attached hydrogen (secondary N) is 2. The first-order chi connectivity index (χ1) is 15.4. The third-order valence-corrected chi connectivity index (χ3v) is 6.18. The monoisotopic (exact) mass is 473 g/mol. The number of carbonyl (C=O) groups excluding carboxylic acids is 1. The minimum atomic E-state index is -3.75. The Balaban J connectivity index is 1.67. The molecule has 32 heavy (non-hydrogen) atoms. The number of hydrogen-bond donors (Lipinski definition) is 2. The SMILES string of the molecule is CCCCCNC(=O)c1cccnc1Oc1ccc(NS(=O)(=O)c2ccc(Cl)cc2)cc1. The van der Waals surface area contributed by atoms with E-state index in [0.29, 0.717) is 28.6 Å². The van der Waals surface area contributed by atoms with Crippen LogP contribution in [-0.4, -0.2) is 25.9 Å². The summed E-state index contributed by atoms with van der Waals surface area (Å²) in [6, 6.07) is 15.5. The Hall–Kier alpha value is -3.10. The van der Waals surface area contributed by atoms with Crippen molar-refractivity contribution in [1.82, 2.24) is 10.3 Å². The molecule has 0 unspecified atom stereocenters. The quantitative estimate of drug-likeness (QED) is 0.392. The van der Waals surface area contributed by atoms with Crippen LogP contribution in [0.4, 0.5) is 5.69 Å². The van der Waals surface area contributed by atoms with Crippen LogP contribution in [-0.2, 0) is 10.0 Å². The van der Waals surface area contributed by atoms with Gasteiger partial charge in [0.15, 0.2) is 0 Å². The molecule has 2 N–H and O–H groups in total. The van der Waals surface area contributed by atoms with Gasteiger partial charge in [-0.2, -0.15) is 0 Å². The molecule has 3 aromatic rings. The summed E-state index contributed by atoms with van der Waals surface area (Å²) in [6.45, 7) is 2.69. The van der Waals surface area contributed by atoms with Crippen molar-refractivity contribution >= 4 is 33.2 Å². The van der Waals surface area contributed by atoms with Gasteiger partial charge >= 0.3 is 0 Å². The molecule has 0 saturated carbocycles. The van der Waals surface area contributed by atoms with Gasteiger partial charge in [-0.3, -0.25) is 9.52 Å². The number of aromatic nitrogens is 1. The zero-order valence-corrected chi connectivity index (χ0v) is 19.1. The van der Waals surface area contributed by atoms with Crippen LogP contribution in [0.15, 0.2) is 71.8 Å². The number of nitrogens with zero attached hydrogens (tertiary/aromatic N) is 1. The van der Waals surface area contributed by atoms with E-state index in [0.717, 1.165) is 19.3 Å². The molecule has 1 heterocycles. The van der Waals surface area contributed by atoms with Gasteiger partial charge in [0.2, 0.25) is 5.88 Å². The first-order valence-corrected chi connectivity index (χ1v) is 12.0. The van der Waals surface area contributed by atoms with E-state index in [1.165, 1.54) is 30.5 Å². The van der Waals surface area contributed by atoms with Crippen molar-refractivity contribution in [3.63, 3.8) is 0 Å². The van der Waals surface area contributed by atoms with E-state index in [-0.39, 0.29) is 16.7 Å². The molecule has 0 aliphatic carbocycles. The summed E-state index contributed by atoms with van der Waals surface area (Å²) >= 11 is 5.81. The number of ether oxygens (including phenoxy) is 1. The molecule has 0 aliphatic heterocycles. The highest BCUT2D eigenvalue weighted by Gasteiger charge is 2.16. The molecule has 7 nitrogen and oxygen atoms in total. The van der Waals surface area contributed by atoms with Crippen LogP contribution in [0, 0.1) is 0 Å². The highest BCUT2D eigenvalue weighted by Crippen LogP contribution is 2.25. The fourth-order valence-electron chi connectivity index (χ4n) is 2.85. The summed E-state index contributed by atoms with van der Waals surface area (Å²) in [6.07, 6.45) is 4.57. The van der Waals surface area contributed by atoms with Crippen LogP contribution in [0.5, 0.6) is 11.6 Å². The van der Waals surface area contributed by atoms with Crippen LogP contribution >= 0.6 is 11.6 Å². The summed E-state index contributed by atoms with van der Waals surface area (Å²) in [5.74, 6) is 0.338. The Kier molecular flexibility index (Phi) is 8.08. The maximum absolute atomic E-state index is 12.5. The number of pyridine rings is 1. The number of rotatable bonds is 10. The van der Waals surface area contributed by atoms with Gasteiger partial charge in [-0.25, -0.2) is 13.4 Å². The zero-order chi connectivity index (χ0) is 23.0. The predicted octanol–water partition coefficient (Wildman–Crippen LogP) is 5.25. The zero-order valence-electron chi connectivity index (χ0n) is 17.5. The smallest absolute Gasteiger partial charge is 0.261 e. The topological polar surface area (TPSA) is 97.4 Å². The van der Waals surface area contributed by atoms with E-state index in [2.05, 4.69) is 21.9 Å². The number of hydrogen-bond acceptors (Lipinski definition) is 5. The molecule has 9 heteroatoms. The van der Waals surface area contributed by atoms with Crippen LogP contribution in [0.25, 0.3) is 0 Å². The number of sulfonamides is 1. The fraction of sp³-hybridized carbons (Fsp3) is 0.217. The number of carbonyl (C=O) groups is 1. The third kappa shape index (κ3) is 6.45. The molecule has 0 spiro atoms. The van der Waals surface area contributed by atoms with Gasteiger partial charge in [-0.1, -0.05) is 31.4 Å². The second-order valence-electron chi connectivity index (χ2n) is 7.00. The van der Waals surface area contributed by atoms with E-state index in [4.69, 9.17) is 16.3 Å². The maximum Gasteiger partial charge on any atom is 0.261 e. The average molecular weight is 474 g/mol. The van der Waals surface area contributed by atoms with Gasteiger partial charge in [-0.05, 0) is 67.1 Å². The Labute approximate surface area is 192 Å². The molecular formula is C23H24ClN3O4S. The van der Waals surface area contributed by atoms with Gasteiger partial charge < -0.3 is 10.1 Å². The van der Waals surface area contributed by atoms with Gasteiger partial charge in [0.25, 0.3) is 15.9 Å². The predicted molar refractivity (Wildman–Crippen MR) is 125 cm³/mol. The minimum absolute atomic E-state index is 0.102. The van der Waals surface area contributed by atoms with Gasteiger partial charge in [0.05, 0.1) is 4.90 Å². The van der Waals surface area contributed by atoms with E-state index in [9.17, 15) is 13.2 Å². The number of benzene rings is 2. The van der Waals surface area contributed by atoms with Gasteiger partial charge in [-0.15, -0.1) is 0 Å². The minimum Gasteiger partial charge on any atom is -0.438 e. The van der Waals surface area contributed by atoms with Crippen molar-refractivity contribution in [2.45, 2.75) is 31.1 Å². The first kappa shape index (κ1) is 23.6. The van der Waals surface area contributed by atoms with Crippen LogP contribution < -0.4 is 14.8 Å². The molecule has 1 amide bonds. The molecule has 0 atom stereocenters. The van der Waals surface area contributed by atoms with Crippen LogP contribution in [0.3, 0.4) is 0 Å². The average Bonchev–Trinajstić information content (AvgIpc) is 2.78. The van der Waals surface area contributed by atoms with E-state index >= 15 is 0 Å². The van der Waals surface area contributed by atoms with E-state index < -0.39 is 10.0 Å². The van der Waals surface area contributed by atoms with Gasteiger partial charge in [0, 0.05) is 23.5 Å². The molecule has 3 rings (SSSR count). The van der Waals surface area contributed by atoms with Crippen molar-refractivity contribution in [3.05, 3.63) is 77.4 Å². The normalized spacial score (nSPS) is 11.1. The first-order valence-electron chi connectivity index (χ1n) is 10.2. The Morgan fingerprint density at radius 2 is 1.75 bits per heavy atom. The lowest BCUT2D eigenvalue weighted by Gasteiger charge is -2.11. The largest absolute Gasteiger partial charge is 0.438 e. The molecule has 0 saturated heterocycles.